The molecule has 1 amide bonds. The quantitative estimate of drug-likeness (QED) is 0.615. The van der Waals surface area contributed by atoms with Gasteiger partial charge in [0.05, 0.1) is 13.2 Å². The zero-order chi connectivity index (χ0) is 18.1. The van der Waals surface area contributed by atoms with Crippen molar-refractivity contribution in [3.63, 3.8) is 0 Å². The van der Waals surface area contributed by atoms with Crippen molar-refractivity contribution >= 4 is 17.7 Å². The first-order chi connectivity index (χ1) is 10.6. The molecule has 1 aromatic rings. The lowest BCUT2D eigenvalue weighted by Gasteiger charge is -2.25. The molecular weight excluding hydrogens is 296 g/mol. The highest BCUT2D eigenvalue weighted by molar-refractivity contribution is 6.06. The summed E-state index contributed by atoms with van der Waals surface area (Å²) < 4.78 is 6.45. The number of hydrogen-bond acceptors (Lipinski definition) is 4. The van der Waals surface area contributed by atoms with E-state index in [1.54, 1.807) is 53.3 Å². The number of Topliss-reactive ketones (excluding diaryl/α,β-unsaturated/α-hetero) is 1. The molecule has 0 aromatic carbocycles. The molecule has 128 valence electrons. The molecule has 0 aliphatic rings. The van der Waals surface area contributed by atoms with Gasteiger partial charge in [-0.3, -0.25) is 9.59 Å². The number of ketones is 1. The van der Waals surface area contributed by atoms with Crippen molar-refractivity contribution in [1.29, 1.82) is 0 Å². The summed E-state index contributed by atoms with van der Waals surface area (Å²) in [4.78, 5) is 38.4. The highest BCUT2D eigenvalue weighted by atomic mass is 16.5. The van der Waals surface area contributed by atoms with E-state index in [4.69, 9.17) is 4.74 Å². The normalized spacial score (nSPS) is 12.2. The van der Waals surface area contributed by atoms with Crippen molar-refractivity contribution in [3.8, 4) is 0 Å². The molecule has 0 aliphatic heterocycles. The van der Waals surface area contributed by atoms with Crippen LogP contribution in [0.2, 0.25) is 0 Å². The Hall–Kier alpha value is -2.11. The second kappa shape index (κ2) is 6.98. The van der Waals surface area contributed by atoms with E-state index in [1.807, 2.05) is 0 Å². The van der Waals surface area contributed by atoms with Crippen LogP contribution in [0.1, 0.15) is 52.9 Å². The Balaban J connectivity index is 3.29. The van der Waals surface area contributed by atoms with Gasteiger partial charge in [-0.25, -0.2) is 4.79 Å². The maximum atomic E-state index is 12.9. The van der Waals surface area contributed by atoms with Gasteiger partial charge >= 0.3 is 5.97 Å². The number of likely N-dealkylation sites (N-methyl/N-ethyl adjacent to an activating group) is 1. The maximum Gasteiger partial charge on any atom is 0.354 e. The Kier molecular flexibility index (Phi) is 5.75. The van der Waals surface area contributed by atoms with E-state index in [0.717, 1.165) is 0 Å². The monoisotopic (exact) mass is 322 g/mol. The number of aromatic nitrogens is 1. The minimum Gasteiger partial charge on any atom is -0.464 e. The lowest BCUT2D eigenvalue weighted by atomic mass is 9.99. The van der Waals surface area contributed by atoms with Crippen LogP contribution >= 0.6 is 0 Å². The van der Waals surface area contributed by atoms with Gasteiger partial charge < -0.3 is 14.2 Å². The lowest BCUT2D eigenvalue weighted by molar-refractivity contribution is -0.134. The Morgan fingerprint density at radius 1 is 1.13 bits per heavy atom. The Bertz CT molecular complexity index is 644. The second-order valence-electron chi connectivity index (χ2n) is 6.13. The summed E-state index contributed by atoms with van der Waals surface area (Å²) >= 11 is 0. The van der Waals surface area contributed by atoms with Crippen LogP contribution in [0.25, 0.3) is 0 Å². The minimum absolute atomic E-state index is 0.0923. The van der Waals surface area contributed by atoms with Gasteiger partial charge in [0.25, 0.3) is 0 Å². The molecule has 0 bridgehead atoms. The molecule has 0 saturated heterocycles. The first kappa shape index (κ1) is 18.9. The lowest BCUT2D eigenvalue weighted by Crippen LogP contribution is -2.42. The molecule has 1 heterocycles. The third-order valence-electron chi connectivity index (χ3n) is 4.36. The van der Waals surface area contributed by atoms with Crippen molar-refractivity contribution in [2.75, 3.05) is 14.2 Å². The molecule has 0 fully saturated rings. The van der Waals surface area contributed by atoms with Crippen LogP contribution in [0.15, 0.2) is 0 Å². The van der Waals surface area contributed by atoms with Crippen molar-refractivity contribution < 1.29 is 19.1 Å². The molecule has 6 nitrogen and oxygen atoms in total. The molecule has 1 atom stereocenters. The first-order valence-electron chi connectivity index (χ1n) is 7.61. The van der Waals surface area contributed by atoms with Gasteiger partial charge in [0.15, 0.2) is 5.78 Å². The highest BCUT2D eigenvalue weighted by Gasteiger charge is 2.31. The highest BCUT2D eigenvalue weighted by Crippen LogP contribution is 2.24. The molecule has 0 N–H and O–H groups in total. The largest absolute Gasteiger partial charge is 0.464 e. The first-order valence-corrected chi connectivity index (χ1v) is 7.61. The zero-order valence-corrected chi connectivity index (χ0v) is 15.2. The Morgan fingerprint density at radius 3 is 2.09 bits per heavy atom. The van der Waals surface area contributed by atoms with Gasteiger partial charge in [0, 0.05) is 31.3 Å². The van der Waals surface area contributed by atoms with Crippen molar-refractivity contribution in [3.05, 3.63) is 22.5 Å². The summed E-state index contributed by atoms with van der Waals surface area (Å²) in [6, 6.07) is -0.602. The Labute approximate surface area is 137 Å². The van der Waals surface area contributed by atoms with Gasteiger partial charge in [-0.05, 0) is 26.3 Å². The third kappa shape index (κ3) is 3.30. The van der Waals surface area contributed by atoms with Crippen LogP contribution in [0.4, 0.5) is 0 Å². The summed E-state index contributed by atoms with van der Waals surface area (Å²) in [6.07, 6.45) is 0. The van der Waals surface area contributed by atoms with E-state index >= 15 is 0 Å². The summed E-state index contributed by atoms with van der Waals surface area (Å²) in [7, 11) is 4.65. The molecule has 6 heteroatoms. The molecule has 1 rings (SSSR count). The minimum atomic E-state index is -0.602. The van der Waals surface area contributed by atoms with Crippen molar-refractivity contribution in [2.24, 2.45) is 13.0 Å². The smallest absolute Gasteiger partial charge is 0.354 e. The summed E-state index contributed by atoms with van der Waals surface area (Å²) in [5.41, 5.74) is 2.10. The summed E-state index contributed by atoms with van der Waals surface area (Å²) in [5, 5.41) is 0. The van der Waals surface area contributed by atoms with E-state index in [9.17, 15) is 14.4 Å². The molecule has 0 spiro atoms. The fourth-order valence-electron chi connectivity index (χ4n) is 2.71. The standard InChI is InChI=1S/C17H26N2O4/c1-9(2)16(21)19(7)12(5)15(20)13-10(3)14(17(22)23-8)18(6)11(13)4/h9,12H,1-8H3/t12-/m0/s1. The SMILES string of the molecule is COC(=O)c1c(C)c(C(=O)[C@H](C)N(C)C(=O)C(C)C)c(C)n1C. The predicted octanol–water partition coefficient (Wildman–Crippen LogP) is 2.11. The maximum absolute atomic E-state index is 12.9. The fourth-order valence-corrected chi connectivity index (χ4v) is 2.71. The van der Waals surface area contributed by atoms with Gasteiger partial charge in [0.1, 0.15) is 5.69 Å². The summed E-state index contributed by atoms with van der Waals surface area (Å²) in [6.45, 7) is 8.80. The zero-order valence-electron chi connectivity index (χ0n) is 15.2. The van der Waals surface area contributed by atoms with Crippen LogP contribution < -0.4 is 0 Å². The molecule has 0 aliphatic carbocycles. The van der Waals surface area contributed by atoms with Gasteiger partial charge in [0.2, 0.25) is 5.91 Å². The van der Waals surface area contributed by atoms with Gasteiger partial charge in [-0.1, -0.05) is 13.8 Å². The van der Waals surface area contributed by atoms with E-state index < -0.39 is 12.0 Å². The molecule has 0 unspecified atom stereocenters. The van der Waals surface area contributed by atoms with E-state index in [0.29, 0.717) is 22.5 Å². The number of esters is 1. The van der Waals surface area contributed by atoms with E-state index in [1.165, 1.54) is 12.0 Å². The molecule has 0 saturated carbocycles. The number of carbonyl (C=O) groups is 3. The Morgan fingerprint density at radius 2 is 1.65 bits per heavy atom. The van der Waals surface area contributed by atoms with Crippen LogP contribution in [-0.2, 0) is 16.6 Å². The average Bonchev–Trinajstić information content (AvgIpc) is 2.73. The fraction of sp³-hybridized carbons (Fsp3) is 0.588. The topological polar surface area (TPSA) is 68.6 Å². The van der Waals surface area contributed by atoms with Gasteiger partial charge in [-0.15, -0.1) is 0 Å². The molecule has 23 heavy (non-hydrogen) atoms. The molecule has 0 radical (unpaired) electrons. The second-order valence-corrected chi connectivity index (χ2v) is 6.13. The number of rotatable bonds is 5. The number of hydrogen-bond donors (Lipinski definition) is 0. The third-order valence-corrected chi connectivity index (χ3v) is 4.36. The van der Waals surface area contributed by atoms with E-state index in [2.05, 4.69) is 0 Å². The number of nitrogens with zero attached hydrogens (tertiary/aromatic N) is 2. The van der Waals surface area contributed by atoms with E-state index in [-0.39, 0.29) is 17.6 Å². The van der Waals surface area contributed by atoms with Crippen molar-refractivity contribution in [1.82, 2.24) is 9.47 Å². The number of methoxy groups -OCH3 is 1. The predicted molar refractivity (Wildman–Crippen MR) is 87.6 cm³/mol. The number of carbonyl (C=O) groups excluding carboxylic acids is 3. The summed E-state index contributed by atoms with van der Waals surface area (Å²) in [5.74, 6) is -0.933. The van der Waals surface area contributed by atoms with Crippen molar-refractivity contribution in [2.45, 2.75) is 40.7 Å². The number of ether oxygens (including phenoxy) is 1. The average molecular weight is 322 g/mol. The number of amides is 1. The van der Waals surface area contributed by atoms with Gasteiger partial charge in [-0.2, -0.15) is 0 Å². The van der Waals surface area contributed by atoms with Crippen LogP contribution in [0.3, 0.4) is 0 Å². The van der Waals surface area contributed by atoms with Crippen LogP contribution in [-0.4, -0.2) is 47.3 Å². The molecular formula is C17H26N2O4. The van der Waals surface area contributed by atoms with Crippen LogP contribution in [0.5, 0.6) is 0 Å². The van der Waals surface area contributed by atoms with Crippen LogP contribution in [0, 0.1) is 19.8 Å². The molecule has 1 aromatic heterocycles.